The lowest BCUT2D eigenvalue weighted by Crippen LogP contribution is -2.09. The smallest absolute Gasteiger partial charge is 0.204 e. The standard InChI is InChI=1S/C9H7FO3/c1-5-7(11)4-8(13-5)9-6(10)2-3-12-9/h2-5H,1H3. The van der Waals surface area contributed by atoms with Crippen LogP contribution in [-0.4, -0.2) is 11.9 Å². The molecule has 1 unspecified atom stereocenters. The van der Waals surface area contributed by atoms with Gasteiger partial charge in [0.25, 0.3) is 0 Å². The number of halogens is 1. The van der Waals surface area contributed by atoms with Crippen molar-refractivity contribution in [3.8, 4) is 0 Å². The third-order valence-corrected chi connectivity index (χ3v) is 1.82. The topological polar surface area (TPSA) is 39.4 Å². The normalized spacial score (nSPS) is 21.5. The monoisotopic (exact) mass is 182 g/mol. The Bertz CT molecular complexity index is 378. The lowest BCUT2D eigenvalue weighted by atomic mass is 10.2. The summed E-state index contributed by atoms with van der Waals surface area (Å²) in [4.78, 5) is 11.0. The van der Waals surface area contributed by atoms with Crippen molar-refractivity contribution < 1.29 is 18.3 Å². The molecule has 2 heterocycles. The molecule has 0 aliphatic carbocycles. The summed E-state index contributed by atoms with van der Waals surface area (Å²) in [6, 6.07) is 1.17. The predicted octanol–water partition coefficient (Wildman–Crippen LogP) is 1.75. The molecule has 13 heavy (non-hydrogen) atoms. The van der Waals surface area contributed by atoms with Gasteiger partial charge in [0, 0.05) is 12.1 Å². The van der Waals surface area contributed by atoms with Crippen molar-refractivity contribution >= 4 is 11.5 Å². The number of furan rings is 1. The zero-order chi connectivity index (χ0) is 9.42. The molecule has 0 radical (unpaired) electrons. The summed E-state index contributed by atoms with van der Waals surface area (Å²) in [5.41, 5.74) is 0. The first-order chi connectivity index (χ1) is 6.18. The van der Waals surface area contributed by atoms with E-state index in [9.17, 15) is 9.18 Å². The van der Waals surface area contributed by atoms with Crippen LogP contribution in [0.3, 0.4) is 0 Å². The predicted molar refractivity (Wildman–Crippen MR) is 42.2 cm³/mol. The van der Waals surface area contributed by atoms with Crippen LogP contribution in [0.1, 0.15) is 12.7 Å². The largest absolute Gasteiger partial charge is 0.478 e. The summed E-state index contributed by atoms with van der Waals surface area (Å²) in [5, 5.41) is 0. The summed E-state index contributed by atoms with van der Waals surface area (Å²) >= 11 is 0. The van der Waals surface area contributed by atoms with Gasteiger partial charge in [-0.15, -0.1) is 0 Å². The van der Waals surface area contributed by atoms with Gasteiger partial charge in [-0.2, -0.15) is 0 Å². The molecule has 68 valence electrons. The van der Waals surface area contributed by atoms with Crippen molar-refractivity contribution in [3.05, 3.63) is 30.0 Å². The molecule has 4 heteroatoms. The maximum Gasteiger partial charge on any atom is 0.204 e. The van der Waals surface area contributed by atoms with Crippen LogP contribution in [-0.2, 0) is 9.53 Å². The quantitative estimate of drug-likeness (QED) is 0.664. The molecule has 1 atom stereocenters. The molecule has 0 saturated carbocycles. The Morgan fingerprint density at radius 2 is 2.31 bits per heavy atom. The van der Waals surface area contributed by atoms with Crippen molar-refractivity contribution in [1.29, 1.82) is 0 Å². The minimum absolute atomic E-state index is 0.0160. The molecule has 1 aromatic rings. The molecule has 0 saturated heterocycles. The van der Waals surface area contributed by atoms with E-state index < -0.39 is 11.9 Å². The summed E-state index contributed by atoms with van der Waals surface area (Å²) in [5.74, 6) is -0.545. The first kappa shape index (κ1) is 8.04. The van der Waals surface area contributed by atoms with E-state index in [0.29, 0.717) is 0 Å². The second kappa shape index (κ2) is 2.73. The SMILES string of the molecule is CC1OC(c2occc2F)=CC1=O. The Morgan fingerprint density at radius 3 is 2.77 bits per heavy atom. The summed E-state index contributed by atoms with van der Waals surface area (Å²) in [7, 11) is 0. The van der Waals surface area contributed by atoms with E-state index in [1.54, 1.807) is 6.92 Å². The van der Waals surface area contributed by atoms with Crippen LogP contribution in [0, 0.1) is 5.82 Å². The fourth-order valence-electron chi connectivity index (χ4n) is 1.12. The molecule has 0 N–H and O–H groups in total. The van der Waals surface area contributed by atoms with Crippen LogP contribution in [0.15, 0.2) is 22.8 Å². The zero-order valence-corrected chi connectivity index (χ0v) is 6.91. The van der Waals surface area contributed by atoms with E-state index in [-0.39, 0.29) is 17.3 Å². The maximum atomic E-state index is 12.9. The highest BCUT2D eigenvalue weighted by Crippen LogP contribution is 2.26. The minimum Gasteiger partial charge on any atom is -0.478 e. The number of hydrogen-bond donors (Lipinski definition) is 0. The molecule has 0 fully saturated rings. The van der Waals surface area contributed by atoms with Crippen molar-refractivity contribution in [1.82, 2.24) is 0 Å². The highest BCUT2D eigenvalue weighted by Gasteiger charge is 2.26. The van der Waals surface area contributed by atoms with Crippen LogP contribution in [0.2, 0.25) is 0 Å². The van der Waals surface area contributed by atoms with Gasteiger partial charge in [-0.1, -0.05) is 0 Å². The minimum atomic E-state index is -0.542. The van der Waals surface area contributed by atoms with Crippen molar-refractivity contribution in [2.75, 3.05) is 0 Å². The number of carbonyl (C=O) groups is 1. The highest BCUT2D eigenvalue weighted by atomic mass is 19.1. The van der Waals surface area contributed by atoms with Gasteiger partial charge in [0.2, 0.25) is 5.76 Å². The van der Waals surface area contributed by atoms with Gasteiger partial charge in [0.05, 0.1) is 6.26 Å². The molecule has 0 aromatic carbocycles. The second-order valence-corrected chi connectivity index (χ2v) is 2.77. The summed E-state index contributed by atoms with van der Waals surface area (Å²) < 4.78 is 22.8. The Labute approximate surface area is 73.8 Å². The molecule has 0 amide bonds. The van der Waals surface area contributed by atoms with E-state index in [2.05, 4.69) is 0 Å². The fourth-order valence-corrected chi connectivity index (χ4v) is 1.12. The van der Waals surface area contributed by atoms with Gasteiger partial charge in [0.15, 0.2) is 23.5 Å². The second-order valence-electron chi connectivity index (χ2n) is 2.77. The lowest BCUT2D eigenvalue weighted by Gasteiger charge is -2.03. The molecule has 2 rings (SSSR count). The number of carbonyl (C=O) groups excluding carboxylic acids is 1. The average Bonchev–Trinajstić information content (AvgIpc) is 2.60. The molecule has 0 spiro atoms. The molecule has 1 aliphatic heterocycles. The number of ether oxygens (including phenoxy) is 1. The van der Waals surface area contributed by atoms with Crippen molar-refractivity contribution in [2.24, 2.45) is 0 Å². The number of rotatable bonds is 1. The third kappa shape index (κ3) is 1.24. The number of ketones is 1. The Kier molecular flexibility index (Phi) is 1.69. The van der Waals surface area contributed by atoms with Crippen molar-refractivity contribution in [2.45, 2.75) is 13.0 Å². The van der Waals surface area contributed by atoms with Gasteiger partial charge in [-0.3, -0.25) is 4.79 Å². The number of hydrogen-bond acceptors (Lipinski definition) is 3. The van der Waals surface area contributed by atoms with E-state index in [1.807, 2.05) is 0 Å². The van der Waals surface area contributed by atoms with Crippen LogP contribution in [0.4, 0.5) is 4.39 Å². The van der Waals surface area contributed by atoms with Gasteiger partial charge >= 0.3 is 0 Å². The van der Waals surface area contributed by atoms with Gasteiger partial charge < -0.3 is 9.15 Å². The van der Waals surface area contributed by atoms with Crippen molar-refractivity contribution in [3.63, 3.8) is 0 Å². The molecule has 1 aromatic heterocycles. The van der Waals surface area contributed by atoms with E-state index in [0.717, 1.165) is 0 Å². The molecular weight excluding hydrogens is 175 g/mol. The Balaban J connectivity index is 2.35. The first-order valence-electron chi connectivity index (χ1n) is 3.84. The van der Waals surface area contributed by atoms with Gasteiger partial charge in [-0.25, -0.2) is 4.39 Å². The molecule has 0 bridgehead atoms. The van der Waals surface area contributed by atoms with Crippen LogP contribution < -0.4 is 0 Å². The fraction of sp³-hybridized carbons (Fsp3) is 0.222. The molecule has 3 nitrogen and oxygen atoms in total. The Morgan fingerprint density at radius 1 is 1.54 bits per heavy atom. The average molecular weight is 182 g/mol. The third-order valence-electron chi connectivity index (χ3n) is 1.82. The first-order valence-corrected chi connectivity index (χ1v) is 3.84. The van der Waals surface area contributed by atoms with Crippen LogP contribution >= 0.6 is 0 Å². The van der Waals surface area contributed by atoms with E-state index in [1.165, 1.54) is 18.4 Å². The van der Waals surface area contributed by atoms with E-state index >= 15 is 0 Å². The van der Waals surface area contributed by atoms with Gasteiger partial charge in [0.1, 0.15) is 0 Å². The van der Waals surface area contributed by atoms with E-state index in [4.69, 9.17) is 9.15 Å². The molecule has 1 aliphatic rings. The lowest BCUT2D eigenvalue weighted by molar-refractivity contribution is -0.119. The highest BCUT2D eigenvalue weighted by molar-refractivity contribution is 6.01. The maximum absolute atomic E-state index is 12.9. The summed E-state index contributed by atoms with van der Waals surface area (Å²) in [6.07, 6.45) is 1.91. The molecular formula is C9H7FO3. The van der Waals surface area contributed by atoms with Crippen LogP contribution in [0.5, 0.6) is 0 Å². The summed E-state index contributed by atoms with van der Waals surface area (Å²) in [6.45, 7) is 1.60. The van der Waals surface area contributed by atoms with Crippen LogP contribution in [0.25, 0.3) is 5.76 Å². The van der Waals surface area contributed by atoms with Gasteiger partial charge in [-0.05, 0) is 6.92 Å². The zero-order valence-electron chi connectivity index (χ0n) is 6.91. The Hall–Kier alpha value is -1.58.